The lowest BCUT2D eigenvalue weighted by molar-refractivity contribution is 0.505. The van der Waals surface area contributed by atoms with Crippen LogP contribution >= 0.6 is 11.6 Å². The molecule has 0 bridgehead atoms. The van der Waals surface area contributed by atoms with Gasteiger partial charge in [0.2, 0.25) is 0 Å². The topological polar surface area (TPSA) is 34.9 Å². The van der Waals surface area contributed by atoms with Crippen molar-refractivity contribution in [1.82, 2.24) is 9.78 Å². The molecule has 0 aliphatic rings. The first-order valence-electron chi connectivity index (χ1n) is 5.44. The third-order valence-electron chi connectivity index (χ3n) is 2.43. The zero-order valence-corrected chi connectivity index (χ0v) is 10.5. The molecule has 0 N–H and O–H groups in total. The van der Waals surface area contributed by atoms with Gasteiger partial charge in [0.25, 0.3) is 5.56 Å². The molecule has 0 amide bonds. The largest absolute Gasteiger partial charge is 0.268 e. The van der Waals surface area contributed by atoms with Crippen LogP contribution < -0.4 is 5.56 Å². The van der Waals surface area contributed by atoms with Gasteiger partial charge in [-0.15, -0.1) is 0 Å². The molecule has 0 unspecified atom stereocenters. The predicted molar refractivity (Wildman–Crippen MR) is 69.3 cm³/mol. The molecule has 1 aromatic heterocycles. The number of benzene rings is 1. The first-order chi connectivity index (χ1) is 8.08. The Morgan fingerprint density at radius 2 is 2.00 bits per heavy atom. The third-order valence-corrected chi connectivity index (χ3v) is 2.67. The summed E-state index contributed by atoms with van der Waals surface area (Å²) in [4.78, 5) is 11.6. The molecular formula is C13H13ClN2O. The van der Waals surface area contributed by atoms with E-state index in [1.54, 1.807) is 6.07 Å². The van der Waals surface area contributed by atoms with E-state index in [1.165, 1.54) is 10.7 Å². The highest BCUT2D eigenvalue weighted by Gasteiger charge is 2.06. The lowest BCUT2D eigenvalue weighted by atomic mass is 10.1. The van der Waals surface area contributed by atoms with Gasteiger partial charge < -0.3 is 0 Å². The normalized spacial score (nSPS) is 10.8. The molecular weight excluding hydrogens is 236 g/mol. The maximum absolute atomic E-state index is 11.6. The minimum Gasteiger partial charge on any atom is -0.268 e. The number of rotatable bonds is 2. The van der Waals surface area contributed by atoms with E-state index in [0.717, 1.165) is 11.3 Å². The molecule has 88 valence electrons. The summed E-state index contributed by atoms with van der Waals surface area (Å²) < 4.78 is 1.47. The highest BCUT2D eigenvalue weighted by Crippen LogP contribution is 2.20. The van der Waals surface area contributed by atoms with Crippen LogP contribution in [0.25, 0.3) is 11.3 Å². The Bertz CT molecular complexity index is 590. The van der Waals surface area contributed by atoms with Crippen molar-refractivity contribution >= 4 is 11.6 Å². The van der Waals surface area contributed by atoms with E-state index in [0.29, 0.717) is 5.02 Å². The van der Waals surface area contributed by atoms with Crippen LogP contribution in [0.5, 0.6) is 0 Å². The van der Waals surface area contributed by atoms with Crippen molar-refractivity contribution in [3.8, 4) is 11.3 Å². The highest BCUT2D eigenvalue weighted by atomic mass is 35.5. The summed E-state index contributed by atoms with van der Waals surface area (Å²) in [7, 11) is 0. The Morgan fingerprint density at radius 1 is 1.24 bits per heavy atom. The van der Waals surface area contributed by atoms with Crippen LogP contribution in [0.15, 0.2) is 41.2 Å². The summed E-state index contributed by atoms with van der Waals surface area (Å²) in [5.74, 6) is 0. The summed E-state index contributed by atoms with van der Waals surface area (Å²) in [6, 6.07) is 10.7. The molecule has 0 fully saturated rings. The van der Waals surface area contributed by atoms with Gasteiger partial charge in [0.1, 0.15) is 0 Å². The van der Waals surface area contributed by atoms with E-state index in [4.69, 9.17) is 11.6 Å². The van der Waals surface area contributed by atoms with E-state index in [2.05, 4.69) is 5.10 Å². The van der Waals surface area contributed by atoms with Crippen molar-refractivity contribution in [2.75, 3.05) is 0 Å². The fraction of sp³-hybridized carbons (Fsp3) is 0.231. The second-order valence-electron chi connectivity index (χ2n) is 4.11. The van der Waals surface area contributed by atoms with Gasteiger partial charge in [0.15, 0.2) is 0 Å². The number of aromatic nitrogens is 2. The Morgan fingerprint density at radius 3 is 2.65 bits per heavy atom. The van der Waals surface area contributed by atoms with Gasteiger partial charge >= 0.3 is 0 Å². The highest BCUT2D eigenvalue weighted by molar-refractivity contribution is 6.30. The van der Waals surface area contributed by atoms with Gasteiger partial charge in [-0.05, 0) is 32.0 Å². The van der Waals surface area contributed by atoms with Crippen molar-refractivity contribution in [2.24, 2.45) is 0 Å². The van der Waals surface area contributed by atoms with Crippen LogP contribution in [0.2, 0.25) is 5.02 Å². The molecule has 17 heavy (non-hydrogen) atoms. The maximum atomic E-state index is 11.6. The molecule has 0 saturated carbocycles. The minimum atomic E-state index is -0.0919. The molecule has 1 aromatic carbocycles. The summed E-state index contributed by atoms with van der Waals surface area (Å²) in [6.45, 7) is 3.85. The Labute approximate surface area is 105 Å². The smallest absolute Gasteiger partial charge is 0.267 e. The molecule has 1 heterocycles. The van der Waals surface area contributed by atoms with Crippen molar-refractivity contribution in [3.63, 3.8) is 0 Å². The molecule has 0 saturated heterocycles. The van der Waals surface area contributed by atoms with Crippen LogP contribution in [0, 0.1) is 0 Å². The minimum absolute atomic E-state index is 0.0432. The predicted octanol–water partition coefficient (Wildman–Crippen LogP) is 3.14. The van der Waals surface area contributed by atoms with Gasteiger partial charge in [-0.2, -0.15) is 5.10 Å². The van der Waals surface area contributed by atoms with Crippen molar-refractivity contribution in [1.29, 1.82) is 0 Å². The summed E-state index contributed by atoms with van der Waals surface area (Å²) in [5.41, 5.74) is 1.57. The zero-order valence-electron chi connectivity index (χ0n) is 9.72. The monoisotopic (exact) mass is 248 g/mol. The van der Waals surface area contributed by atoms with E-state index < -0.39 is 0 Å². The summed E-state index contributed by atoms with van der Waals surface area (Å²) >= 11 is 5.93. The fourth-order valence-corrected chi connectivity index (χ4v) is 1.79. The molecule has 4 heteroatoms. The number of hydrogen-bond acceptors (Lipinski definition) is 2. The van der Waals surface area contributed by atoms with Crippen molar-refractivity contribution < 1.29 is 0 Å². The summed E-state index contributed by atoms with van der Waals surface area (Å²) in [5, 5.41) is 4.99. The van der Waals surface area contributed by atoms with Gasteiger partial charge in [-0.3, -0.25) is 4.79 Å². The number of halogens is 1. The van der Waals surface area contributed by atoms with Crippen LogP contribution in [0.1, 0.15) is 19.9 Å². The number of nitrogens with zero attached hydrogens (tertiary/aromatic N) is 2. The molecule has 0 atom stereocenters. The molecule has 3 nitrogen and oxygen atoms in total. The molecule has 0 aliphatic carbocycles. The van der Waals surface area contributed by atoms with Gasteiger partial charge in [0, 0.05) is 16.7 Å². The van der Waals surface area contributed by atoms with Gasteiger partial charge in [-0.25, -0.2) is 4.68 Å². The van der Waals surface area contributed by atoms with Crippen LogP contribution in [-0.2, 0) is 0 Å². The second kappa shape index (κ2) is 4.72. The van der Waals surface area contributed by atoms with Gasteiger partial charge in [0.05, 0.1) is 11.7 Å². The molecule has 0 aliphatic heterocycles. The third kappa shape index (κ3) is 2.56. The molecule has 0 spiro atoms. The van der Waals surface area contributed by atoms with E-state index in [1.807, 2.05) is 38.1 Å². The average molecular weight is 249 g/mol. The first-order valence-corrected chi connectivity index (χ1v) is 5.81. The standard InChI is InChI=1S/C13H13ClN2O/c1-9(2)16-13(17)7-6-12(15-16)10-4-3-5-11(14)8-10/h3-9H,1-2H3. The fourth-order valence-electron chi connectivity index (χ4n) is 1.60. The Kier molecular flexibility index (Phi) is 3.29. The Hall–Kier alpha value is -1.61. The molecule has 0 radical (unpaired) electrons. The van der Waals surface area contributed by atoms with Crippen LogP contribution in [-0.4, -0.2) is 9.78 Å². The first kappa shape index (κ1) is 11.9. The lowest BCUT2D eigenvalue weighted by Crippen LogP contribution is -2.23. The zero-order chi connectivity index (χ0) is 12.4. The van der Waals surface area contributed by atoms with Crippen molar-refractivity contribution in [2.45, 2.75) is 19.9 Å². The average Bonchev–Trinajstić information content (AvgIpc) is 2.29. The van der Waals surface area contributed by atoms with Gasteiger partial charge in [-0.1, -0.05) is 23.7 Å². The van der Waals surface area contributed by atoms with E-state index in [9.17, 15) is 4.79 Å². The maximum Gasteiger partial charge on any atom is 0.267 e. The SMILES string of the molecule is CC(C)n1nc(-c2cccc(Cl)c2)ccc1=O. The molecule has 2 aromatic rings. The molecule has 2 rings (SSSR count). The Balaban J connectivity index is 2.54. The second-order valence-corrected chi connectivity index (χ2v) is 4.54. The van der Waals surface area contributed by atoms with Crippen molar-refractivity contribution in [3.05, 3.63) is 51.8 Å². The number of hydrogen-bond donors (Lipinski definition) is 0. The lowest BCUT2D eigenvalue weighted by Gasteiger charge is -2.10. The van der Waals surface area contributed by atoms with E-state index >= 15 is 0 Å². The van der Waals surface area contributed by atoms with Crippen LogP contribution in [0.3, 0.4) is 0 Å². The summed E-state index contributed by atoms with van der Waals surface area (Å²) in [6.07, 6.45) is 0. The quantitative estimate of drug-likeness (QED) is 0.818. The van der Waals surface area contributed by atoms with Crippen LogP contribution in [0.4, 0.5) is 0 Å². The van der Waals surface area contributed by atoms with E-state index in [-0.39, 0.29) is 11.6 Å².